The number of benzene rings is 1. The van der Waals surface area contributed by atoms with Crippen LogP contribution in [0.2, 0.25) is 0 Å². The summed E-state index contributed by atoms with van der Waals surface area (Å²) in [5.74, 6) is -1.06. The van der Waals surface area contributed by atoms with Gasteiger partial charge in [-0.05, 0) is 31.0 Å². The topological polar surface area (TPSA) is 47.0 Å². The number of carbonyl (C=O) groups is 2. The summed E-state index contributed by atoms with van der Waals surface area (Å²) in [4.78, 5) is 27.6. The maximum atomic E-state index is 12.4. The fourth-order valence-electron chi connectivity index (χ4n) is 2.17. The van der Waals surface area contributed by atoms with E-state index in [2.05, 4.69) is 4.98 Å². The quantitative estimate of drug-likeness (QED) is 0.597. The number of hydrogen-bond donors (Lipinski definition) is 0. The van der Waals surface area contributed by atoms with Crippen molar-refractivity contribution in [3.63, 3.8) is 0 Å². The SMILES string of the molecule is CC(C=O)C(=O)C(Cc1ccccc1)c1ccccn1. The molecule has 0 N–H and O–H groups in total. The zero-order chi connectivity index (χ0) is 14.4. The molecule has 20 heavy (non-hydrogen) atoms. The van der Waals surface area contributed by atoms with Gasteiger partial charge in [0.05, 0.1) is 17.5 Å². The van der Waals surface area contributed by atoms with E-state index in [0.717, 1.165) is 11.3 Å². The largest absolute Gasteiger partial charge is 0.303 e. The summed E-state index contributed by atoms with van der Waals surface area (Å²) < 4.78 is 0. The van der Waals surface area contributed by atoms with Crippen molar-refractivity contribution in [2.75, 3.05) is 0 Å². The summed E-state index contributed by atoms with van der Waals surface area (Å²) in [5, 5.41) is 0. The number of pyridine rings is 1. The van der Waals surface area contributed by atoms with E-state index in [0.29, 0.717) is 12.7 Å². The minimum Gasteiger partial charge on any atom is -0.303 e. The average Bonchev–Trinajstić information content (AvgIpc) is 2.53. The van der Waals surface area contributed by atoms with Gasteiger partial charge in [0.15, 0.2) is 5.78 Å². The van der Waals surface area contributed by atoms with E-state index >= 15 is 0 Å². The molecule has 0 aliphatic heterocycles. The Morgan fingerprint density at radius 2 is 1.85 bits per heavy atom. The Labute approximate surface area is 118 Å². The zero-order valence-corrected chi connectivity index (χ0v) is 11.4. The van der Waals surface area contributed by atoms with Crippen LogP contribution in [-0.2, 0) is 16.0 Å². The first-order chi connectivity index (χ1) is 9.72. The molecule has 0 amide bonds. The molecule has 1 aromatic carbocycles. The summed E-state index contributed by atoms with van der Waals surface area (Å²) >= 11 is 0. The number of aromatic nitrogens is 1. The van der Waals surface area contributed by atoms with Crippen LogP contribution in [0.25, 0.3) is 0 Å². The van der Waals surface area contributed by atoms with Gasteiger partial charge in [-0.2, -0.15) is 0 Å². The standard InChI is InChI=1S/C17H17NO2/c1-13(12-19)17(20)15(16-9-5-6-10-18-16)11-14-7-3-2-4-8-14/h2-10,12-13,15H,11H2,1H3. The highest BCUT2D eigenvalue weighted by atomic mass is 16.1. The predicted octanol–water partition coefficient (Wildman–Crippen LogP) is 2.81. The van der Waals surface area contributed by atoms with Crippen LogP contribution in [0.3, 0.4) is 0 Å². The highest BCUT2D eigenvalue weighted by molar-refractivity contribution is 5.97. The van der Waals surface area contributed by atoms with E-state index in [1.165, 1.54) is 0 Å². The van der Waals surface area contributed by atoms with E-state index in [9.17, 15) is 9.59 Å². The summed E-state index contributed by atoms with van der Waals surface area (Å²) in [6, 6.07) is 15.3. The predicted molar refractivity (Wildman–Crippen MR) is 77.4 cm³/mol. The van der Waals surface area contributed by atoms with Crippen molar-refractivity contribution >= 4 is 12.1 Å². The molecular weight excluding hydrogens is 250 g/mol. The van der Waals surface area contributed by atoms with Crippen molar-refractivity contribution < 1.29 is 9.59 Å². The van der Waals surface area contributed by atoms with Crippen molar-refractivity contribution in [3.8, 4) is 0 Å². The Bertz CT molecular complexity index is 566. The van der Waals surface area contributed by atoms with Crippen molar-refractivity contribution in [1.82, 2.24) is 4.98 Å². The third-order valence-electron chi connectivity index (χ3n) is 3.32. The highest BCUT2D eigenvalue weighted by Crippen LogP contribution is 2.23. The molecule has 2 atom stereocenters. The third-order valence-corrected chi connectivity index (χ3v) is 3.32. The maximum absolute atomic E-state index is 12.4. The van der Waals surface area contributed by atoms with Gasteiger partial charge in [-0.15, -0.1) is 0 Å². The van der Waals surface area contributed by atoms with E-state index in [4.69, 9.17) is 0 Å². The molecular formula is C17H17NO2. The molecule has 102 valence electrons. The minimum atomic E-state index is -0.606. The smallest absolute Gasteiger partial charge is 0.152 e. The van der Waals surface area contributed by atoms with Crippen molar-refractivity contribution in [3.05, 3.63) is 66.0 Å². The van der Waals surface area contributed by atoms with Gasteiger partial charge in [0.25, 0.3) is 0 Å². The molecule has 0 fully saturated rings. The van der Waals surface area contributed by atoms with Crippen molar-refractivity contribution in [2.45, 2.75) is 19.3 Å². The Morgan fingerprint density at radius 1 is 1.15 bits per heavy atom. The first-order valence-electron chi connectivity index (χ1n) is 6.66. The van der Waals surface area contributed by atoms with Crippen LogP contribution in [-0.4, -0.2) is 17.1 Å². The molecule has 0 aliphatic rings. The zero-order valence-electron chi connectivity index (χ0n) is 11.4. The van der Waals surface area contributed by atoms with Gasteiger partial charge in [-0.3, -0.25) is 9.78 Å². The van der Waals surface area contributed by atoms with Crippen LogP contribution in [0.15, 0.2) is 54.7 Å². The summed E-state index contributed by atoms with van der Waals surface area (Å²) in [6.07, 6.45) is 2.93. The second-order valence-electron chi connectivity index (χ2n) is 4.82. The normalized spacial score (nSPS) is 13.4. The van der Waals surface area contributed by atoms with Crippen LogP contribution in [0.1, 0.15) is 24.1 Å². The molecule has 0 radical (unpaired) electrons. The summed E-state index contributed by atoms with van der Waals surface area (Å²) in [6.45, 7) is 1.64. The monoisotopic (exact) mass is 267 g/mol. The van der Waals surface area contributed by atoms with Crippen molar-refractivity contribution in [1.29, 1.82) is 0 Å². The second-order valence-corrected chi connectivity index (χ2v) is 4.82. The molecule has 0 saturated heterocycles. The van der Waals surface area contributed by atoms with E-state index < -0.39 is 5.92 Å². The average molecular weight is 267 g/mol. The van der Waals surface area contributed by atoms with Gasteiger partial charge >= 0.3 is 0 Å². The Morgan fingerprint density at radius 3 is 2.45 bits per heavy atom. The fourth-order valence-corrected chi connectivity index (χ4v) is 2.17. The molecule has 3 heteroatoms. The summed E-state index contributed by atoms with van der Waals surface area (Å²) in [7, 11) is 0. The first-order valence-corrected chi connectivity index (χ1v) is 6.66. The summed E-state index contributed by atoms with van der Waals surface area (Å²) in [5.41, 5.74) is 1.78. The van der Waals surface area contributed by atoms with Gasteiger partial charge in [0.2, 0.25) is 0 Å². The van der Waals surface area contributed by atoms with Gasteiger partial charge in [-0.25, -0.2) is 0 Å². The Balaban J connectivity index is 2.30. The molecule has 1 heterocycles. The van der Waals surface area contributed by atoms with E-state index in [1.54, 1.807) is 13.1 Å². The number of ketones is 1. The molecule has 2 unspecified atom stereocenters. The van der Waals surface area contributed by atoms with Crippen LogP contribution in [0.5, 0.6) is 0 Å². The van der Waals surface area contributed by atoms with Gasteiger partial charge in [0, 0.05) is 6.20 Å². The Kier molecular flexibility index (Phi) is 4.77. The van der Waals surface area contributed by atoms with Crippen LogP contribution in [0.4, 0.5) is 0 Å². The third kappa shape index (κ3) is 3.38. The second kappa shape index (κ2) is 6.75. The molecule has 0 aliphatic carbocycles. The minimum absolute atomic E-state index is 0.0810. The fraction of sp³-hybridized carbons (Fsp3) is 0.235. The molecule has 0 saturated carbocycles. The number of aldehydes is 1. The number of nitrogens with zero attached hydrogens (tertiary/aromatic N) is 1. The van der Waals surface area contributed by atoms with Crippen LogP contribution < -0.4 is 0 Å². The number of Topliss-reactive ketones (excluding diaryl/α,β-unsaturated/α-hetero) is 1. The first kappa shape index (κ1) is 14.1. The number of carbonyl (C=O) groups excluding carboxylic acids is 2. The van der Waals surface area contributed by atoms with E-state index in [1.807, 2.05) is 48.5 Å². The van der Waals surface area contributed by atoms with Crippen LogP contribution >= 0.6 is 0 Å². The Hall–Kier alpha value is -2.29. The molecule has 0 bridgehead atoms. The maximum Gasteiger partial charge on any atom is 0.152 e. The highest BCUT2D eigenvalue weighted by Gasteiger charge is 2.26. The number of rotatable bonds is 6. The van der Waals surface area contributed by atoms with Crippen LogP contribution in [0, 0.1) is 5.92 Å². The molecule has 2 rings (SSSR count). The van der Waals surface area contributed by atoms with Gasteiger partial charge in [0.1, 0.15) is 6.29 Å². The van der Waals surface area contributed by atoms with Crippen molar-refractivity contribution in [2.24, 2.45) is 5.92 Å². The lowest BCUT2D eigenvalue weighted by Gasteiger charge is -2.17. The molecule has 0 spiro atoms. The molecule has 2 aromatic rings. The lowest BCUT2D eigenvalue weighted by atomic mass is 9.86. The van der Waals surface area contributed by atoms with Gasteiger partial charge in [-0.1, -0.05) is 36.4 Å². The lowest BCUT2D eigenvalue weighted by Crippen LogP contribution is -2.23. The molecule has 3 nitrogen and oxygen atoms in total. The van der Waals surface area contributed by atoms with Gasteiger partial charge < -0.3 is 4.79 Å². The van der Waals surface area contributed by atoms with E-state index in [-0.39, 0.29) is 11.7 Å². The lowest BCUT2D eigenvalue weighted by molar-refractivity contribution is -0.127. The number of hydrogen-bond acceptors (Lipinski definition) is 3. The molecule has 1 aromatic heterocycles.